The molecular weight excluding hydrogens is 322 g/mol. The van der Waals surface area contributed by atoms with Crippen LogP contribution >= 0.6 is 0 Å². The second-order valence-corrected chi connectivity index (χ2v) is 7.47. The van der Waals surface area contributed by atoms with Gasteiger partial charge in [-0.3, -0.25) is 9.67 Å². The minimum atomic E-state index is 0.413. The Morgan fingerprint density at radius 3 is 2.65 bits per heavy atom. The summed E-state index contributed by atoms with van der Waals surface area (Å²) in [6.45, 7) is 10.4. The van der Waals surface area contributed by atoms with Gasteiger partial charge in [-0.25, -0.2) is 0 Å². The molecule has 0 bridgehead atoms. The van der Waals surface area contributed by atoms with Gasteiger partial charge in [0, 0.05) is 46.0 Å². The standard InChI is InChI=1S/C21H33N5/c1-15(2)20-19(14-26(7)24-20)13-25(6)21(22-5)23-12-17(4)18-10-8-9-16(3)11-18/h8-11,14-15,17H,12-13H2,1-7H3,(H,22,23). The van der Waals surface area contributed by atoms with Gasteiger partial charge in [-0.2, -0.15) is 5.10 Å². The van der Waals surface area contributed by atoms with Crippen molar-refractivity contribution >= 4 is 5.96 Å². The first kappa shape index (κ1) is 20.0. The summed E-state index contributed by atoms with van der Waals surface area (Å²) >= 11 is 0. The van der Waals surface area contributed by atoms with Crippen molar-refractivity contribution in [3.05, 3.63) is 52.8 Å². The average Bonchev–Trinajstić information content (AvgIpc) is 2.95. The molecule has 0 saturated carbocycles. The lowest BCUT2D eigenvalue weighted by Crippen LogP contribution is -2.40. The molecule has 142 valence electrons. The van der Waals surface area contributed by atoms with Crippen molar-refractivity contribution in [1.82, 2.24) is 20.0 Å². The molecule has 1 N–H and O–H groups in total. The van der Waals surface area contributed by atoms with Crippen molar-refractivity contribution in [3.63, 3.8) is 0 Å². The lowest BCUT2D eigenvalue weighted by molar-refractivity contribution is 0.470. The fraction of sp³-hybridized carbons (Fsp3) is 0.524. The average molecular weight is 356 g/mol. The molecule has 0 saturated heterocycles. The Hall–Kier alpha value is -2.30. The van der Waals surface area contributed by atoms with Crippen molar-refractivity contribution in [2.24, 2.45) is 12.0 Å². The Morgan fingerprint density at radius 1 is 1.31 bits per heavy atom. The van der Waals surface area contributed by atoms with E-state index in [-0.39, 0.29) is 0 Å². The number of guanidine groups is 1. The van der Waals surface area contributed by atoms with Gasteiger partial charge in [0.1, 0.15) is 0 Å². The first-order valence-electron chi connectivity index (χ1n) is 9.32. The maximum Gasteiger partial charge on any atom is 0.193 e. The Morgan fingerprint density at radius 2 is 2.04 bits per heavy atom. The van der Waals surface area contributed by atoms with E-state index in [9.17, 15) is 0 Å². The molecular formula is C21H33N5. The molecule has 0 aliphatic rings. The minimum Gasteiger partial charge on any atom is -0.356 e. The highest BCUT2D eigenvalue weighted by Crippen LogP contribution is 2.19. The first-order valence-corrected chi connectivity index (χ1v) is 9.32. The van der Waals surface area contributed by atoms with Crippen LogP contribution in [0.3, 0.4) is 0 Å². The van der Waals surface area contributed by atoms with E-state index < -0.39 is 0 Å². The maximum absolute atomic E-state index is 4.60. The van der Waals surface area contributed by atoms with Crippen LogP contribution < -0.4 is 5.32 Å². The predicted molar refractivity (Wildman–Crippen MR) is 110 cm³/mol. The highest BCUT2D eigenvalue weighted by Gasteiger charge is 2.15. The lowest BCUT2D eigenvalue weighted by Gasteiger charge is -2.24. The largest absolute Gasteiger partial charge is 0.356 e. The van der Waals surface area contributed by atoms with E-state index in [1.165, 1.54) is 16.7 Å². The van der Waals surface area contributed by atoms with Gasteiger partial charge in [0.2, 0.25) is 0 Å². The number of rotatable bonds is 6. The van der Waals surface area contributed by atoms with Gasteiger partial charge < -0.3 is 10.2 Å². The number of aromatic nitrogens is 2. The van der Waals surface area contributed by atoms with Crippen LogP contribution in [-0.2, 0) is 13.6 Å². The SMILES string of the molecule is CN=C(NCC(C)c1cccc(C)c1)N(C)Cc1cn(C)nc1C(C)C. The Labute approximate surface area is 158 Å². The van der Waals surface area contributed by atoms with Gasteiger partial charge in [-0.05, 0) is 24.3 Å². The third kappa shape index (κ3) is 5.10. The monoisotopic (exact) mass is 355 g/mol. The normalized spacial score (nSPS) is 13.2. The highest BCUT2D eigenvalue weighted by molar-refractivity contribution is 5.79. The summed E-state index contributed by atoms with van der Waals surface area (Å²) in [7, 11) is 5.89. The van der Waals surface area contributed by atoms with Gasteiger partial charge in [0.25, 0.3) is 0 Å². The first-order chi connectivity index (χ1) is 12.3. The number of aryl methyl sites for hydroxylation is 2. The van der Waals surface area contributed by atoms with Crippen molar-refractivity contribution in [3.8, 4) is 0 Å². The molecule has 0 radical (unpaired) electrons. The van der Waals surface area contributed by atoms with Gasteiger partial charge >= 0.3 is 0 Å². The molecule has 0 aliphatic heterocycles. The van der Waals surface area contributed by atoms with Crippen LogP contribution in [0.4, 0.5) is 0 Å². The number of hydrogen-bond acceptors (Lipinski definition) is 2. The van der Waals surface area contributed by atoms with E-state index in [0.29, 0.717) is 11.8 Å². The molecule has 1 aromatic heterocycles. The quantitative estimate of drug-likeness (QED) is 0.635. The Balaban J connectivity index is 2.00. The smallest absolute Gasteiger partial charge is 0.193 e. The molecule has 1 atom stereocenters. The zero-order chi connectivity index (χ0) is 19.3. The van der Waals surface area contributed by atoms with Crippen molar-refractivity contribution in [1.29, 1.82) is 0 Å². The molecule has 5 nitrogen and oxygen atoms in total. The molecule has 26 heavy (non-hydrogen) atoms. The summed E-state index contributed by atoms with van der Waals surface area (Å²) in [5.41, 5.74) is 5.06. The number of benzene rings is 1. The fourth-order valence-corrected chi connectivity index (χ4v) is 3.22. The number of nitrogens with one attached hydrogen (secondary N) is 1. The number of aliphatic imine (C=N–C) groups is 1. The van der Waals surface area contributed by atoms with E-state index in [4.69, 9.17) is 0 Å². The van der Waals surface area contributed by atoms with Gasteiger partial charge in [-0.15, -0.1) is 0 Å². The van der Waals surface area contributed by atoms with E-state index in [1.54, 1.807) is 0 Å². The summed E-state index contributed by atoms with van der Waals surface area (Å²) in [4.78, 5) is 6.61. The molecule has 0 spiro atoms. The summed E-state index contributed by atoms with van der Waals surface area (Å²) in [5.74, 6) is 1.74. The van der Waals surface area contributed by atoms with Gasteiger partial charge in [0.15, 0.2) is 5.96 Å². The van der Waals surface area contributed by atoms with E-state index in [2.05, 4.69) is 85.5 Å². The van der Waals surface area contributed by atoms with Crippen LogP contribution in [0, 0.1) is 6.92 Å². The summed E-state index contributed by atoms with van der Waals surface area (Å²) in [6.07, 6.45) is 2.11. The molecule has 1 aromatic carbocycles. The van der Waals surface area contributed by atoms with Crippen LogP contribution in [0.1, 0.15) is 55.0 Å². The molecule has 1 heterocycles. The van der Waals surface area contributed by atoms with Gasteiger partial charge in [-0.1, -0.05) is 50.6 Å². The van der Waals surface area contributed by atoms with Crippen LogP contribution in [0.25, 0.3) is 0 Å². The van der Waals surface area contributed by atoms with Crippen LogP contribution in [0.5, 0.6) is 0 Å². The fourth-order valence-electron chi connectivity index (χ4n) is 3.22. The molecule has 2 aromatic rings. The summed E-state index contributed by atoms with van der Waals surface area (Å²) in [6, 6.07) is 8.70. The molecule has 5 heteroatoms. The molecule has 1 unspecified atom stereocenters. The predicted octanol–water partition coefficient (Wildman–Crippen LogP) is 3.66. The zero-order valence-electron chi connectivity index (χ0n) is 17.2. The number of nitrogens with zero attached hydrogens (tertiary/aromatic N) is 4. The topological polar surface area (TPSA) is 45.5 Å². The second-order valence-electron chi connectivity index (χ2n) is 7.47. The molecule has 2 rings (SSSR count). The van der Waals surface area contributed by atoms with Crippen LogP contribution in [0.15, 0.2) is 35.5 Å². The summed E-state index contributed by atoms with van der Waals surface area (Å²) in [5, 5.41) is 8.11. The van der Waals surface area contributed by atoms with Crippen LogP contribution in [-0.4, -0.2) is 41.3 Å². The molecule has 0 fully saturated rings. The van der Waals surface area contributed by atoms with E-state index in [1.807, 2.05) is 18.8 Å². The van der Waals surface area contributed by atoms with Crippen molar-refractivity contribution in [2.75, 3.05) is 20.6 Å². The van der Waals surface area contributed by atoms with E-state index >= 15 is 0 Å². The summed E-state index contributed by atoms with van der Waals surface area (Å²) < 4.78 is 1.90. The number of hydrogen-bond donors (Lipinski definition) is 1. The molecule has 0 aliphatic carbocycles. The maximum atomic E-state index is 4.60. The van der Waals surface area contributed by atoms with Crippen LogP contribution in [0.2, 0.25) is 0 Å². The van der Waals surface area contributed by atoms with Gasteiger partial charge in [0.05, 0.1) is 5.69 Å². The Kier molecular flexibility index (Phi) is 6.83. The third-order valence-electron chi connectivity index (χ3n) is 4.64. The third-order valence-corrected chi connectivity index (χ3v) is 4.64. The minimum absolute atomic E-state index is 0.413. The zero-order valence-corrected chi connectivity index (χ0v) is 17.2. The second kappa shape index (κ2) is 8.88. The molecule has 0 amide bonds. The highest BCUT2D eigenvalue weighted by atomic mass is 15.3. The van der Waals surface area contributed by atoms with Crippen molar-refractivity contribution in [2.45, 2.75) is 46.1 Å². The van der Waals surface area contributed by atoms with Crippen molar-refractivity contribution < 1.29 is 0 Å². The lowest BCUT2D eigenvalue weighted by atomic mass is 9.99. The van der Waals surface area contributed by atoms with E-state index in [0.717, 1.165) is 24.7 Å². The Bertz CT molecular complexity index is 745.